The van der Waals surface area contributed by atoms with Gasteiger partial charge in [-0.25, -0.2) is 0 Å². The molecule has 2 rings (SSSR count). The van der Waals surface area contributed by atoms with Gasteiger partial charge in [0.15, 0.2) is 0 Å². The Morgan fingerprint density at radius 3 is 2.85 bits per heavy atom. The highest BCUT2D eigenvalue weighted by Gasteiger charge is 2.33. The molecule has 7 heteroatoms. The Morgan fingerprint density at radius 1 is 1.55 bits per heavy atom. The molecule has 0 unspecified atom stereocenters. The highest BCUT2D eigenvalue weighted by molar-refractivity contribution is 14.1. The number of nitrogens with zero attached hydrogens (tertiary/aromatic N) is 2. The number of oxime groups is 1. The molecule has 0 spiro atoms. The Morgan fingerprint density at radius 2 is 2.25 bits per heavy atom. The minimum Gasteiger partial charge on any atom is -0.409 e. The molecule has 0 radical (unpaired) electrons. The molecule has 0 aliphatic heterocycles. The van der Waals surface area contributed by atoms with Crippen LogP contribution >= 0.6 is 34.2 Å². The molecule has 0 heterocycles. The van der Waals surface area contributed by atoms with Gasteiger partial charge in [0.05, 0.1) is 5.56 Å². The van der Waals surface area contributed by atoms with Crippen molar-refractivity contribution in [1.29, 1.82) is 0 Å². The minimum atomic E-state index is -0.0508. The molecular weight excluding hydrogens is 393 g/mol. The normalized spacial score (nSPS) is 15.2. The van der Waals surface area contributed by atoms with Crippen LogP contribution < -0.4 is 5.73 Å². The molecule has 1 aliphatic rings. The Balaban J connectivity index is 2.16. The molecule has 1 aliphatic carbocycles. The van der Waals surface area contributed by atoms with Crippen LogP contribution in [0.3, 0.4) is 0 Å². The number of halogens is 2. The molecule has 0 bridgehead atoms. The molecule has 3 N–H and O–H groups in total. The van der Waals surface area contributed by atoms with E-state index in [1.807, 2.05) is 6.07 Å². The van der Waals surface area contributed by atoms with E-state index in [1.54, 1.807) is 17.0 Å². The number of benzene rings is 1. The fourth-order valence-electron chi connectivity index (χ4n) is 1.94. The predicted molar refractivity (Wildman–Crippen MR) is 86.3 cm³/mol. The summed E-state index contributed by atoms with van der Waals surface area (Å²) < 4.78 is 0.867. The second kappa shape index (κ2) is 6.62. The van der Waals surface area contributed by atoms with Gasteiger partial charge in [0.25, 0.3) is 5.91 Å². The number of hydrogen-bond acceptors (Lipinski definition) is 3. The van der Waals surface area contributed by atoms with E-state index in [-0.39, 0.29) is 17.8 Å². The monoisotopic (exact) mass is 407 g/mol. The molecule has 0 atom stereocenters. The topological polar surface area (TPSA) is 78.9 Å². The zero-order chi connectivity index (χ0) is 14.7. The minimum absolute atomic E-state index is 0.0508. The van der Waals surface area contributed by atoms with E-state index < -0.39 is 0 Å². The lowest BCUT2D eigenvalue weighted by atomic mass is 10.2. The Kier molecular flexibility index (Phi) is 5.09. The maximum absolute atomic E-state index is 12.6. The van der Waals surface area contributed by atoms with E-state index in [9.17, 15) is 4.79 Å². The molecule has 5 nitrogen and oxygen atoms in total. The fourth-order valence-corrected chi connectivity index (χ4v) is 2.68. The lowest BCUT2D eigenvalue weighted by Gasteiger charge is -2.23. The molecular formula is C13H15ClIN3O2. The van der Waals surface area contributed by atoms with Crippen molar-refractivity contribution in [3.8, 4) is 0 Å². The van der Waals surface area contributed by atoms with E-state index in [0.29, 0.717) is 23.6 Å². The van der Waals surface area contributed by atoms with Gasteiger partial charge in [-0.15, -0.1) is 0 Å². The van der Waals surface area contributed by atoms with E-state index >= 15 is 0 Å². The lowest BCUT2D eigenvalue weighted by molar-refractivity contribution is 0.0746. The van der Waals surface area contributed by atoms with Crippen molar-refractivity contribution in [2.45, 2.75) is 25.3 Å². The number of hydrogen-bond donors (Lipinski definition) is 2. The van der Waals surface area contributed by atoms with Gasteiger partial charge in [0.1, 0.15) is 5.84 Å². The first-order chi connectivity index (χ1) is 9.52. The van der Waals surface area contributed by atoms with Crippen LogP contribution in [-0.4, -0.2) is 34.4 Å². The number of carbonyl (C=O) groups excluding carboxylic acids is 1. The lowest BCUT2D eigenvalue weighted by Crippen LogP contribution is -2.36. The van der Waals surface area contributed by atoms with Crippen LogP contribution in [0.15, 0.2) is 23.4 Å². The summed E-state index contributed by atoms with van der Waals surface area (Å²) >= 11 is 8.09. The molecule has 1 aromatic carbocycles. The molecule has 0 aromatic heterocycles. The number of carbonyl (C=O) groups is 1. The second-order valence-electron chi connectivity index (χ2n) is 4.70. The van der Waals surface area contributed by atoms with Crippen molar-refractivity contribution in [1.82, 2.24) is 4.90 Å². The van der Waals surface area contributed by atoms with E-state index in [1.165, 1.54) is 0 Å². The van der Waals surface area contributed by atoms with Crippen molar-refractivity contribution in [3.63, 3.8) is 0 Å². The van der Waals surface area contributed by atoms with Crippen molar-refractivity contribution >= 4 is 45.9 Å². The summed E-state index contributed by atoms with van der Waals surface area (Å²) in [6.07, 6.45) is 2.36. The van der Waals surface area contributed by atoms with Crippen molar-refractivity contribution in [3.05, 3.63) is 32.4 Å². The van der Waals surface area contributed by atoms with Crippen LogP contribution in [0.2, 0.25) is 5.02 Å². The quantitative estimate of drug-likeness (QED) is 0.259. The van der Waals surface area contributed by atoms with Gasteiger partial charge in [0, 0.05) is 27.6 Å². The maximum Gasteiger partial charge on any atom is 0.255 e. The first-order valence-corrected chi connectivity index (χ1v) is 7.71. The van der Waals surface area contributed by atoms with Crippen LogP contribution in [0, 0.1) is 3.57 Å². The molecule has 108 valence electrons. The van der Waals surface area contributed by atoms with Gasteiger partial charge < -0.3 is 15.8 Å². The third-order valence-corrected chi connectivity index (χ3v) is 4.32. The summed E-state index contributed by atoms with van der Waals surface area (Å²) in [7, 11) is 0. The zero-order valence-corrected chi connectivity index (χ0v) is 13.6. The number of amidine groups is 1. The van der Waals surface area contributed by atoms with Crippen molar-refractivity contribution in [2.24, 2.45) is 10.9 Å². The molecule has 0 saturated heterocycles. The van der Waals surface area contributed by atoms with Crippen LogP contribution in [0.25, 0.3) is 0 Å². The molecule has 20 heavy (non-hydrogen) atoms. The van der Waals surface area contributed by atoms with Crippen molar-refractivity contribution < 1.29 is 10.0 Å². The summed E-state index contributed by atoms with van der Waals surface area (Å²) in [6, 6.07) is 5.52. The molecule has 1 amide bonds. The SMILES string of the molecule is N/C(CCN(C(=O)c1cc(Cl)ccc1I)C1CC1)=N/O. The Bertz CT molecular complexity index is 546. The number of nitrogens with two attached hydrogens (primary N) is 1. The average Bonchev–Trinajstić information content (AvgIpc) is 3.25. The highest BCUT2D eigenvalue weighted by atomic mass is 127. The second-order valence-corrected chi connectivity index (χ2v) is 6.29. The standard InChI is InChI=1S/C13H15ClIN3O2/c14-8-1-4-11(15)10(7-8)13(19)18(9-2-3-9)6-5-12(16)17-20/h1,4,7,9,20H,2-3,5-6H2,(H2,16,17). The van der Waals surface area contributed by atoms with E-state index in [4.69, 9.17) is 22.5 Å². The summed E-state index contributed by atoms with van der Waals surface area (Å²) in [4.78, 5) is 14.4. The zero-order valence-electron chi connectivity index (χ0n) is 10.7. The first kappa shape index (κ1) is 15.4. The van der Waals surface area contributed by atoms with Crippen LogP contribution in [0.1, 0.15) is 29.6 Å². The van der Waals surface area contributed by atoms with Crippen LogP contribution in [-0.2, 0) is 0 Å². The largest absolute Gasteiger partial charge is 0.409 e. The summed E-state index contributed by atoms with van der Waals surface area (Å²) in [6.45, 7) is 0.446. The maximum atomic E-state index is 12.6. The Labute approximate surface area is 135 Å². The van der Waals surface area contributed by atoms with Crippen molar-refractivity contribution in [2.75, 3.05) is 6.54 Å². The van der Waals surface area contributed by atoms with Gasteiger partial charge in [0.2, 0.25) is 0 Å². The van der Waals surface area contributed by atoms with Gasteiger partial charge in [-0.2, -0.15) is 0 Å². The highest BCUT2D eigenvalue weighted by Crippen LogP contribution is 2.30. The van der Waals surface area contributed by atoms with E-state index in [2.05, 4.69) is 27.7 Å². The van der Waals surface area contributed by atoms with Gasteiger partial charge in [-0.3, -0.25) is 4.79 Å². The molecule has 1 aromatic rings. The summed E-state index contributed by atoms with van der Waals surface area (Å²) in [5.74, 6) is 0.0781. The fraction of sp³-hybridized carbons (Fsp3) is 0.385. The third-order valence-electron chi connectivity index (χ3n) is 3.14. The smallest absolute Gasteiger partial charge is 0.255 e. The van der Waals surface area contributed by atoms with E-state index in [0.717, 1.165) is 16.4 Å². The van der Waals surface area contributed by atoms with Gasteiger partial charge in [-0.05, 0) is 53.6 Å². The van der Waals surface area contributed by atoms with Crippen LogP contribution in [0.5, 0.6) is 0 Å². The summed E-state index contributed by atoms with van der Waals surface area (Å²) in [5.41, 5.74) is 6.08. The Hall–Kier alpha value is -1.02. The third kappa shape index (κ3) is 3.76. The molecule has 1 saturated carbocycles. The van der Waals surface area contributed by atoms with Gasteiger partial charge >= 0.3 is 0 Å². The predicted octanol–water partition coefficient (Wildman–Crippen LogP) is 2.69. The van der Waals surface area contributed by atoms with Crippen LogP contribution in [0.4, 0.5) is 0 Å². The van der Waals surface area contributed by atoms with Gasteiger partial charge in [-0.1, -0.05) is 16.8 Å². The number of amides is 1. The number of rotatable bonds is 5. The summed E-state index contributed by atoms with van der Waals surface area (Å²) in [5, 5.41) is 12.1. The molecule has 1 fully saturated rings. The first-order valence-electron chi connectivity index (χ1n) is 6.25. The average molecular weight is 408 g/mol.